The Hall–Kier alpha value is -4.16. The molecule has 0 saturated carbocycles. The van der Waals surface area contributed by atoms with E-state index in [4.69, 9.17) is 6.85 Å². The van der Waals surface area contributed by atoms with E-state index in [0.29, 0.717) is 5.56 Å². The lowest BCUT2D eigenvalue weighted by Crippen LogP contribution is -1.91. The molecule has 0 radical (unpaired) electrons. The van der Waals surface area contributed by atoms with Crippen LogP contribution in [0.4, 0.5) is 0 Å². The zero-order valence-corrected chi connectivity index (χ0v) is 17.3. The average Bonchev–Trinajstić information content (AvgIpc) is 2.94. The largest absolute Gasteiger partial charge is 0.0629 e. The van der Waals surface area contributed by atoms with E-state index in [2.05, 4.69) is 42.5 Å². The molecule has 0 nitrogen and oxygen atoms in total. The molecule has 0 saturated heterocycles. The minimum Gasteiger partial charge on any atom is -0.0622 e. The quantitative estimate of drug-likeness (QED) is 0.255. The minimum absolute atomic E-state index is 0.198. The third-order valence-electron chi connectivity index (χ3n) is 5.94. The molecule has 6 aromatic rings. The topological polar surface area (TPSA) is 0 Å². The number of fused-ring (bicyclic) bond motifs is 2. The summed E-state index contributed by atoms with van der Waals surface area (Å²) in [5.41, 5.74) is 5.12. The van der Waals surface area contributed by atoms with Crippen LogP contribution in [-0.2, 0) is 0 Å². The van der Waals surface area contributed by atoms with Gasteiger partial charge in [-0.1, -0.05) is 127 Å². The molecule has 0 heterocycles. The summed E-state index contributed by atoms with van der Waals surface area (Å²) in [6, 6.07) is 33.2. The van der Waals surface area contributed by atoms with Gasteiger partial charge < -0.3 is 0 Å². The second-order valence-electron chi connectivity index (χ2n) is 7.79. The molecule has 0 bridgehead atoms. The summed E-state index contributed by atoms with van der Waals surface area (Å²) in [5, 5.41) is 4.24. The second kappa shape index (κ2) is 7.83. The van der Waals surface area contributed by atoms with E-state index in [-0.39, 0.29) is 35.8 Å². The van der Waals surface area contributed by atoms with Gasteiger partial charge in [0.05, 0.1) is 6.85 Å². The predicted octanol–water partition coefficient (Wildman–Crippen LogP) is 8.99. The highest BCUT2D eigenvalue weighted by Crippen LogP contribution is 2.44. The third kappa shape index (κ3) is 3.09. The van der Waals surface area contributed by atoms with E-state index in [1.54, 1.807) is 0 Å². The monoisotopic (exact) mass is 411 g/mol. The third-order valence-corrected chi connectivity index (χ3v) is 5.94. The zero-order valence-electron chi connectivity index (χ0n) is 22.3. The molecule has 32 heavy (non-hydrogen) atoms. The summed E-state index contributed by atoms with van der Waals surface area (Å²) >= 11 is 0. The van der Waals surface area contributed by atoms with Crippen molar-refractivity contribution in [3.63, 3.8) is 0 Å². The fraction of sp³-hybridized carbons (Fsp3) is 0. The Morgan fingerprint density at radius 1 is 0.375 bits per heavy atom. The molecular formula is C32H22. The van der Waals surface area contributed by atoms with E-state index in [0.717, 1.165) is 43.8 Å². The van der Waals surface area contributed by atoms with Crippen molar-refractivity contribution in [3.05, 3.63) is 133 Å². The zero-order chi connectivity index (χ0) is 25.7. The average molecular weight is 412 g/mol. The molecule has 0 aliphatic rings. The van der Waals surface area contributed by atoms with Crippen LogP contribution in [0.3, 0.4) is 0 Å². The number of rotatable bonds is 3. The van der Waals surface area contributed by atoms with Crippen LogP contribution >= 0.6 is 0 Å². The molecule has 0 fully saturated rings. The molecular weight excluding hydrogens is 384 g/mol. The van der Waals surface area contributed by atoms with Gasteiger partial charge in [0, 0.05) is 0 Å². The normalized spacial score (nSPS) is 13.3. The van der Waals surface area contributed by atoms with Crippen LogP contribution in [0.15, 0.2) is 133 Å². The maximum Gasteiger partial charge on any atom is 0.0629 e. The van der Waals surface area contributed by atoms with Crippen LogP contribution in [0.25, 0.3) is 54.9 Å². The van der Waals surface area contributed by atoms with Crippen LogP contribution in [0.1, 0.15) is 6.85 Å². The van der Waals surface area contributed by atoms with E-state index in [9.17, 15) is 0 Å². The highest BCUT2D eigenvalue weighted by molar-refractivity contribution is 6.21. The molecule has 0 amide bonds. The predicted molar refractivity (Wildman–Crippen MR) is 138 cm³/mol. The summed E-state index contributed by atoms with van der Waals surface area (Å²) in [5.74, 6) is 0. The van der Waals surface area contributed by atoms with Gasteiger partial charge in [-0.2, -0.15) is 0 Å². The second-order valence-corrected chi connectivity index (χ2v) is 7.79. The standard InChI is InChI=1S/C32H22/c1-4-12-23(13-5-1)26-20-21-29-30(22-26)32(25-16-8-3-9-17-25)28-19-11-10-18-27(28)31(29)24-14-6-2-7-15-24/h1-22H/i1D,4D,5D,12D,13D. The van der Waals surface area contributed by atoms with Gasteiger partial charge in [0.15, 0.2) is 0 Å². The first-order chi connectivity index (χ1) is 18.0. The van der Waals surface area contributed by atoms with Crippen molar-refractivity contribution in [2.24, 2.45) is 0 Å². The molecule has 6 aromatic carbocycles. The van der Waals surface area contributed by atoms with Gasteiger partial charge in [-0.15, -0.1) is 0 Å². The molecule has 150 valence electrons. The van der Waals surface area contributed by atoms with Crippen LogP contribution in [0.5, 0.6) is 0 Å². The van der Waals surface area contributed by atoms with Crippen molar-refractivity contribution in [2.45, 2.75) is 0 Å². The van der Waals surface area contributed by atoms with Crippen molar-refractivity contribution in [3.8, 4) is 33.4 Å². The number of hydrogen-bond donors (Lipinski definition) is 0. The molecule has 0 unspecified atom stereocenters. The summed E-state index contributed by atoms with van der Waals surface area (Å²) in [6.45, 7) is 0. The van der Waals surface area contributed by atoms with Gasteiger partial charge in [-0.05, 0) is 61.0 Å². The van der Waals surface area contributed by atoms with Gasteiger partial charge in [0.25, 0.3) is 0 Å². The highest BCUT2D eigenvalue weighted by atomic mass is 14.2. The van der Waals surface area contributed by atoms with Gasteiger partial charge in [-0.3, -0.25) is 0 Å². The SMILES string of the molecule is [2H]c1c([2H])c([2H])c(-c2ccc3c(-c4ccccc4)c4ccccc4c(-c4ccccc4)c3c2)c([2H])c1[2H]. The van der Waals surface area contributed by atoms with Crippen molar-refractivity contribution >= 4 is 21.5 Å². The van der Waals surface area contributed by atoms with Gasteiger partial charge in [-0.25, -0.2) is 0 Å². The van der Waals surface area contributed by atoms with Crippen LogP contribution in [-0.4, -0.2) is 0 Å². The maximum absolute atomic E-state index is 8.53. The van der Waals surface area contributed by atoms with Crippen molar-refractivity contribution in [1.29, 1.82) is 0 Å². The lowest BCUT2D eigenvalue weighted by atomic mass is 9.85. The summed E-state index contributed by atoms with van der Waals surface area (Å²) in [7, 11) is 0. The van der Waals surface area contributed by atoms with Gasteiger partial charge in [0.2, 0.25) is 0 Å². The Morgan fingerprint density at radius 3 is 1.47 bits per heavy atom. The lowest BCUT2D eigenvalue weighted by Gasteiger charge is -2.18. The Kier molecular flexibility index (Phi) is 3.43. The summed E-state index contributed by atoms with van der Waals surface area (Å²) < 4.78 is 41.4. The van der Waals surface area contributed by atoms with E-state index in [1.807, 2.05) is 60.7 Å². The van der Waals surface area contributed by atoms with Crippen LogP contribution in [0, 0.1) is 0 Å². The Morgan fingerprint density at radius 2 is 0.875 bits per heavy atom. The first-order valence-electron chi connectivity index (χ1n) is 13.1. The Labute approximate surface area is 195 Å². The fourth-order valence-corrected chi connectivity index (χ4v) is 4.56. The maximum atomic E-state index is 8.53. The van der Waals surface area contributed by atoms with Gasteiger partial charge in [0.1, 0.15) is 0 Å². The highest BCUT2D eigenvalue weighted by Gasteiger charge is 2.17. The van der Waals surface area contributed by atoms with Gasteiger partial charge >= 0.3 is 0 Å². The van der Waals surface area contributed by atoms with Crippen LogP contribution < -0.4 is 0 Å². The van der Waals surface area contributed by atoms with Crippen LogP contribution in [0.2, 0.25) is 0 Å². The minimum atomic E-state index is -0.387. The first-order valence-corrected chi connectivity index (χ1v) is 10.6. The van der Waals surface area contributed by atoms with E-state index >= 15 is 0 Å². The molecule has 0 spiro atoms. The van der Waals surface area contributed by atoms with Crippen molar-refractivity contribution in [1.82, 2.24) is 0 Å². The Bertz CT molecular complexity index is 1780. The van der Waals surface area contributed by atoms with E-state index < -0.39 is 0 Å². The molecule has 6 rings (SSSR count). The van der Waals surface area contributed by atoms with Crippen molar-refractivity contribution < 1.29 is 6.85 Å². The summed E-state index contributed by atoms with van der Waals surface area (Å²) in [4.78, 5) is 0. The first kappa shape index (κ1) is 14.0. The smallest absolute Gasteiger partial charge is 0.0622 e. The molecule has 0 heteroatoms. The lowest BCUT2D eigenvalue weighted by molar-refractivity contribution is 1.63. The molecule has 0 aromatic heterocycles. The fourth-order valence-electron chi connectivity index (χ4n) is 4.56. The molecule has 0 aliphatic heterocycles. The van der Waals surface area contributed by atoms with E-state index in [1.165, 1.54) is 0 Å². The Balaban J connectivity index is 1.80. The van der Waals surface area contributed by atoms with Crippen molar-refractivity contribution in [2.75, 3.05) is 0 Å². The molecule has 0 N–H and O–H groups in total. The number of hydrogen-bond acceptors (Lipinski definition) is 0. The molecule has 0 aliphatic carbocycles. The number of benzene rings is 6. The summed E-state index contributed by atoms with van der Waals surface area (Å²) in [6.07, 6.45) is 0. The molecule has 0 atom stereocenters.